The molecule has 0 bridgehead atoms. The summed E-state index contributed by atoms with van der Waals surface area (Å²) in [5.41, 5.74) is 0.814. The fourth-order valence-corrected chi connectivity index (χ4v) is 3.88. The highest BCUT2D eigenvalue weighted by Gasteiger charge is 2.19. The summed E-state index contributed by atoms with van der Waals surface area (Å²) < 4.78 is 29.2. The van der Waals surface area contributed by atoms with Crippen molar-refractivity contribution >= 4 is 35.0 Å². The van der Waals surface area contributed by atoms with E-state index in [9.17, 15) is 8.78 Å². The third-order valence-electron chi connectivity index (χ3n) is 3.21. The fraction of sp³-hybridized carbons (Fsp3) is 0.417. The lowest BCUT2D eigenvalue weighted by Crippen LogP contribution is -2.09. The van der Waals surface area contributed by atoms with Crippen molar-refractivity contribution in [3.63, 3.8) is 0 Å². The summed E-state index contributed by atoms with van der Waals surface area (Å²) in [6, 6.07) is 2.21. The van der Waals surface area contributed by atoms with Gasteiger partial charge in [0.25, 0.3) is 0 Å². The number of hydrogen-bond acceptors (Lipinski definition) is 2. The van der Waals surface area contributed by atoms with Gasteiger partial charge in [0.15, 0.2) is 10.6 Å². The molecule has 1 saturated heterocycles. The molecule has 0 aliphatic carbocycles. The molecule has 2 heterocycles. The van der Waals surface area contributed by atoms with Gasteiger partial charge in [0.05, 0.1) is 5.52 Å². The molecule has 3 rings (SSSR count). The predicted octanol–water partition coefficient (Wildman–Crippen LogP) is 3.87. The van der Waals surface area contributed by atoms with E-state index in [1.807, 2.05) is 11.8 Å². The number of nitrogens with zero attached hydrogens (tertiary/aromatic N) is 1. The molecule has 1 aliphatic rings. The number of thioether (sulfide) groups is 1. The Bertz CT molecular complexity index is 641. The van der Waals surface area contributed by atoms with Gasteiger partial charge in [-0.15, -0.1) is 0 Å². The Balaban J connectivity index is 2.09. The van der Waals surface area contributed by atoms with Crippen molar-refractivity contribution in [3.05, 3.63) is 28.5 Å². The number of aromatic amines is 1. The maximum Gasteiger partial charge on any atom is 0.178 e. The molecule has 1 unspecified atom stereocenters. The molecule has 2 nitrogen and oxygen atoms in total. The van der Waals surface area contributed by atoms with Crippen LogP contribution in [0, 0.1) is 16.4 Å². The van der Waals surface area contributed by atoms with E-state index in [2.05, 4.69) is 4.98 Å². The van der Waals surface area contributed by atoms with Crippen molar-refractivity contribution in [1.29, 1.82) is 0 Å². The van der Waals surface area contributed by atoms with Gasteiger partial charge in [0, 0.05) is 17.9 Å². The highest BCUT2D eigenvalue weighted by atomic mass is 32.2. The lowest BCUT2D eigenvalue weighted by atomic mass is 10.2. The molecule has 1 aromatic carbocycles. The second kappa shape index (κ2) is 4.66. The number of H-pyrrole nitrogens is 1. The fourth-order valence-electron chi connectivity index (χ4n) is 2.35. The zero-order valence-electron chi connectivity index (χ0n) is 9.58. The van der Waals surface area contributed by atoms with Crippen molar-refractivity contribution in [2.45, 2.75) is 24.6 Å². The molecule has 0 radical (unpaired) electrons. The number of hydrogen-bond donors (Lipinski definition) is 1. The van der Waals surface area contributed by atoms with Crippen LogP contribution in [0.25, 0.3) is 11.0 Å². The standard InChI is InChI=1S/C12H12F2N2S2/c13-7-4-9(14)11-10(5-7)16(12(17)15-11)6-8-2-1-3-18-8/h4-5,8H,1-3,6H2,(H,15,17). The smallest absolute Gasteiger partial charge is 0.178 e. The van der Waals surface area contributed by atoms with Gasteiger partial charge < -0.3 is 9.55 Å². The summed E-state index contributed by atoms with van der Waals surface area (Å²) in [7, 11) is 0. The Morgan fingerprint density at radius 3 is 3.00 bits per heavy atom. The lowest BCUT2D eigenvalue weighted by Gasteiger charge is -2.10. The summed E-state index contributed by atoms with van der Waals surface area (Å²) in [6.07, 6.45) is 2.34. The number of halogens is 2. The lowest BCUT2D eigenvalue weighted by molar-refractivity contribution is 0.589. The van der Waals surface area contributed by atoms with Crippen LogP contribution in [0.1, 0.15) is 12.8 Å². The summed E-state index contributed by atoms with van der Waals surface area (Å²) in [5, 5.41) is 0.488. The normalized spacial score (nSPS) is 19.8. The van der Waals surface area contributed by atoms with Crippen molar-refractivity contribution in [1.82, 2.24) is 9.55 Å². The van der Waals surface area contributed by atoms with Crippen LogP contribution in [0.2, 0.25) is 0 Å². The first-order chi connectivity index (χ1) is 8.65. The molecule has 0 amide bonds. The number of nitrogens with one attached hydrogen (secondary N) is 1. The van der Waals surface area contributed by atoms with E-state index >= 15 is 0 Å². The van der Waals surface area contributed by atoms with Gasteiger partial charge in [-0.25, -0.2) is 8.78 Å². The van der Waals surface area contributed by atoms with Crippen molar-refractivity contribution in [2.24, 2.45) is 0 Å². The Labute approximate surface area is 112 Å². The van der Waals surface area contributed by atoms with Gasteiger partial charge in [-0.3, -0.25) is 0 Å². The monoisotopic (exact) mass is 286 g/mol. The Kier molecular flexibility index (Phi) is 3.15. The van der Waals surface area contributed by atoms with Gasteiger partial charge in [-0.05, 0) is 36.9 Å². The van der Waals surface area contributed by atoms with Gasteiger partial charge in [0.2, 0.25) is 0 Å². The van der Waals surface area contributed by atoms with Crippen molar-refractivity contribution in [3.8, 4) is 0 Å². The van der Waals surface area contributed by atoms with Gasteiger partial charge in [-0.1, -0.05) is 0 Å². The summed E-state index contributed by atoms with van der Waals surface area (Å²) in [5.74, 6) is -0.000893. The van der Waals surface area contributed by atoms with Crippen LogP contribution < -0.4 is 0 Å². The second-order valence-electron chi connectivity index (χ2n) is 4.46. The van der Waals surface area contributed by atoms with Crippen LogP contribution in [-0.4, -0.2) is 20.6 Å². The van der Waals surface area contributed by atoms with Crippen LogP contribution in [0.5, 0.6) is 0 Å². The van der Waals surface area contributed by atoms with E-state index in [1.54, 1.807) is 4.57 Å². The van der Waals surface area contributed by atoms with E-state index in [1.165, 1.54) is 12.5 Å². The molecule has 1 aliphatic heterocycles. The molecule has 0 spiro atoms. The van der Waals surface area contributed by atoms with Crippen molar-refractivity contribution < 1.29 is 8.78 Å². The minimum atomic E-state index is -0.589. The average molecular weight is 286 g/mol. The Hall–Kier alpha value is -0.880. The molecular formula is C12H12F2N2S2. The van der Waals surface area contributed by atoms with E-state index in [0.717, 1.165) is 18.2 Å². The van der Waals surface area contributed by atoms with Gasteiger partial charge >= 0.3 is 0 Å². The van der Waals surface area contributed by atoms with Crippen LogP contribution in [0.3, 0.4) is 0 Å². The van der Waals surface area contributed by atoms with Crippen LogP contribution in [0.4, 0.5) is 8.78 Å². The summed E-state index contributed by atoms with van der Waals surface area (Å²) in [4.78, 5) is 2.82. The first-order valence-electron chi connectivity index (χ1n) is 5.84. The molecule has 18 heavy (non-hydrogen) atoms. The zero-order valence-corrected chi connectivity index (χ0v) is 11.2. The molecular weight excluding hydrogens is 274 g/mol. The zero-order chi connectivity index (χ0) is 12.7. The van der Waals surface area contributed by atoms with E-state index in [0.29, 0.717) is 27.6 Å². The third-order valence-corrected chi connectivity index (χ3v) is 4.92. The van der Waals surface area contributed by atoms with Crippen LogP contribution in [-0.2, 0) is 6.54 Å². The molecule has 1 N–H and O–H groups in total. The predicted molar refractivity (Wildman–Crippen MR) is 72.5 cm³/mol. The molecule has 2 aromatic rings. The highest BCUT2D eigenvalue weighted by Crippen LogP contribution is 2.29. The highest BCUT2D eigenvalue weighted by molar-refractivity contribution is 8.00. The molecule has 0 saturated carbocycles. The number of rotatable bonds is 2. The van der Waals surface area contributed by atoms with E-state index < -0.39 is 11.6 Å². The number of fused-ring (bicyclic) bond motifs is 1. The number of imidazole rings is 1. The van der Waals surface area contributed by atoms with E-state index in [4.69, 9.17) is 12.2 Å². The first-order valence-corrected chi connectivity index (χ1v) is 7.30. The maximum atomic E-state index is 13.6. The third kappa shape index (κ3) is 2.07. The summed E-state index contributed by atoms with van der Waals surface area (Å²) in [6.45, 7) is 0.715. The molecule has 96 valence electrons. The van der Waals surface area contributed by atoms with Crippen molar-refractivity contribution in [2.75, 3.05) is 5.75 Å². The minimum Gasteiger partial charge on any atom is -0.328 e. The average Bonchev–Trinajstić information content (AvgIpc) is 2.91. The first kappa shape index (κ1) is 12.2. The van der Waals surface area contributed by atoms with Crippen LogP contribution >= 0.6 is 24.0 Å². The largest absolute Gasteiger partial charge is 0.328 e. The molecule has 1 fully saturated rings. The molecule has 6 heteroatoms. The molecule has 1 atom stereocenters. The Morgan fingerprint density at radius 2 is 2.28 bits per heavy atom. The second-order valence-corrected chi connectivity index (χ2v) is 6.25. The Morgan fingerprint density at radius 1 is 1.44 bits per heavy atom. The van der Waals surface area contributed by atoms with Gasteiger partial charge in [-0.2, -0.15) is 11.8 Å². The maximum absolute atomic E-state index is 13.6. The quantitative estimate of drug-likeness (QED) is 0.846. The number of benzene rings is 1. The SMILES string of the molecule is Fc1cc(F)c2[nH]c(=S)n(CC3CCCS3)c2c1. The topological polar surface area (TPSA) is 20.7 Å². The van der Waals surface area contributed by atoms with Crippen LogP contribution in [0.15, 0.2) is 12.1 Å². The minimum absolute atomic E-state index is 0.296. The van der Waals surface area contributed by atoms with E-state index in [-0.39, 0.29) is 0 Å². The number of aromatic nitrogens is 2. The molecule has 1 aromatic heterocycles. The summed E-state index contributed by atoms with van der Waals surface area (Å²) >= 11 is 7.10. The van der Waals surface area contributed by atoms with Gasteiger partial charge in [0.1, 0.15) is 11.3 Å².